The molecule has 0 unspecified atom stereocenters. The number of rotatable bonds is 6. The lowest BCUT2D eigenvalue weighted by Gasteiger charge is -2.24. The van der Waals surface area contributed by atoms with Crippen molar-refractivity contribution in [3.8, 4) is 0 Å². The Hall–Kier alpha value is -2.40. The van der Waals surface area contributed by atoms with Gasteiger partial charge in [0.2, 0.25) is 5.91 Å². The molecule has 0 saturated carbocycles. The van der Waals surface area contributed by atoms with Crippen LogP contribution >= 0.6 is 12.2 Å². The van der Waals surface area contributed by atoms with Gasteiger partial charge in [-0.1, -0.05) is 44.2 Å². The number of carbonyl (C=O) groups excluding carboxylic acids is 1. The van der Waals surface area contributed by atoms with Crippen LogP contribution in [0.25, 0.3) is 0 Å². The van der Waals surface area contributed by atoms with E-state index >= 15 is 0 Å². The second-order valence-electron chi connectivity index (χ2n) is 7.84. The summed E-state index contributed by atoms with van der Waals surface area (Å²) >= 11 is 5.58. The summed E-state index contributed by atoms with van der Waals surface area (Å²) in [5.74, 6) is 0.764. The van der Waals surface area contributed by atoms with Crippen LogP contribution in [0.4, 0.5) is 11.4 Å². The van der Waals surface area contributed by atoms with Crippen molar-refractivity contribution in [2.75, 3.05) is 16.8 Å². The Kier molecular flexibility index (Phi) is 6.68. The van der Waals surface area contributed by atoms with E-state index in [0.29, 0.717) is 17.5 Å². The lowest BCUT2D eigenvalue weighted by Crippen LogP contribution is -2.33. The van der Waals surface area contributed by atoms with Gasteiger partial charge in [-0.15, -0.1) is 0 Å². The van der Waals surface area contributed by atoms with E-state index < -0.39 is 0 Å². The molecule has 5 heteroatoms. The lowest BCUT2D eigenvalue weighted by molar-refractivity contribution is -0.117. The molecule has 0 aromatic heterocycles. The summed E-state index contributed by atoms with van der Waals surface area (Å²) in [4.78, 5) is 13.9. The fraction of sp³-hybridized carbons (Fsp3) is 0.391. The Balaban J connectivity index is 1.68. The molecule has 1 aliphatic rings. The highest BCUT2D eigenvalue weighted by Gasteiger charge is 2.23. The van der Waals surface area contributed by atoms with Crippen molar-refractivity contribution < 1.29 is 4.79 Å². The molecule has 0 spiro atoms. The summed E-state index contributed by atoms with van der Waals surface area (Å²) in [6, 6.07) is 16.6. The highest BCUT2D eigenvalue weighted by molar-refractivity contribution is 7.80. The molecule has 0 radical (unpaired) electrons. The smallest absolute Gasteiger partial charge is 0.227 e. The number of nitrogens with zero attached hydrogens (tertiary/aromatic N) is 1. The van der Waals surface area contributed by atoms with Gasteiger partial charge in [-0.25, -0.2) is 0 Å². The fourth-order valence-electron chi connectivity index (χ4n) is 3.70. The van der Waals surface area contributed by atoms with E-state index in [9.17, 15) is 4.79 Å². The highest BCUT2D eigenvalue weighted by Crippen LogP contribution is 2.28. The fourth-order valence-corrected chi connectivity index (χ4v) is 3.96. The Bertz CT molecular complexity index is 835. The molecular formula is C23H29N3OS. The van der Waals surface area contributed by atoms with Gasteiger partial charge in [0.15, 0.2) is 5.11 Å². The Morgan fingerprint density at radius 1 is 1.18 bits per heavy atom. The Labute approximate surface area is 173 Å². The standard InChI is InChI=1S/C23H29N3OS/c1-16(2)14-20(18-8-5-4-6-9-18)25-23(28)24-19-11-12-21(17(3)15-19)26-13-7-10-22(26)27/h4-6,8-9,11-12,15-16,20H,7,10,13-14H2,1-3H3,(H2,24,25,28)/t20-/m0/s1. The average molecular weight is 396 g/mol. The van der Waals surface area contributed by atoms with E-state index in [1.54, 1.807) is 0 Å². The SMILES string of the molecule is Cc1cc(NC(=S)N[C@@H](CC(C)C)c2ccccc2)ccc1N1CCCC1=O. The number of carbonyl (C=O) groups is 1. The van der Waals surface area contributed by atoms with E-state index in [2.05, 4.69) is 54.8 Å². The second-order valence-corrected chi connectivity index (χ2v) is 8.25. The summed E-state index contributed by atoms with van der Waals surface area (Å²) in [6.45, 7) is 7.28. The normalized spacial score (nSPS) is 15.0. The summed E-state index contributed by atoms with van der Waals surface area (Å²) in [5, 5.41) is 7.38. The van der Waals surface area contributed by atoms with Crippen molar-refractivity contribution in [2.45, 2.75) is 46.1 Å². The third-order valence-corrected chi connectivity index (χ3v) is 5.25. The summed E-state index contributed by atoms with van der Waals surface area (Å²) < 4.78 is 0. The number of aryl methyl sites for hydroxylation is 1. The molecule has 1 fully saturated rings. The average Bonchev–Trinajstić information content (AvgIpc) is 3.07. The molecule has 2 aromatic carbocycles. The van der Waals surface area contributed by atoms with E-state index in [0.717, 1.165) is 36.3 Å². The topological polar surface area (TPSA) is 44.4 Å². The van der Waals surface area contributed by atoms with E-state index in [1.807, 2.05) is 30.0 Å². The number of nitrogens with one attached hydrogen (secondary N) is 2. The van der Waals surface area contributed by atoms with E-state index in [1.165, 1.54) is 5.56 Å². The van der Waals surface area contributed by atoms with Gasteiger partial charge in [-0.3, -0.25) is 4.79 Å². The summed E-state index contributed by atoms with van der Waals surface area (Å²) in [7, 11) is 0. The molecule has 1 saturated heterocycles. The molecule has 0 bridgehead atoms. The zero-order valence-electron chi connectivity index (χ0n) is 16.9. The van der Waals surface area contributed by atoms with Gasteiger partial charge in [0.1, 0.15) is 0 Å². The van der Waals surface area contributed by atoms with Crippen molar-refractivity contribution in [1.29, 1.82) is 0 Å². The summed E-state index contributed by atoms with van der Waals surface area (Å²) in [6.07, 6.45) is 2.58. The zero-order chi connectivity index (χ0) is 20.1. The minimum absolute atomic E-state index is 0.170. The number of benzene rings is 2. The quantitative estimate of drug-likeness (QED) is 0.660. The molecule has 148 valence electrons. The van der Waals surface area contributed by atoms with Crippen molar-refractivity contribution >= 4 is 34.6 Å². The van der Waals surface area contributed by atoms with Crippen molar-refractivity contribution in [2.24, 2.45) is 5.92 Å². The largest absolute Gasteiger partial charge is 0.356 e. The maximum atomic E-state index is 12.0. The molecule has 4 nitrogen and oxygen atoms in total. The van der Waals surface area contributed by atoms with E-state index in [4.69, 9.17) is 12.2 Å². The maximum Gasteiger partial charge on any atom is 0.227 e. The van der Waals surface area contributed by atoms with Crippen molar-refractivity contribution in [1.82, 2.24) is 5.32 Å². The number of thiocarbonyl (C=S) groups is 1. The first-order chi connectivity index (χ1) is 13.4. The highest BCUT2D eigenvalue weighted by atomic mass is 32.1. The molecular weight excluding hydrogens is 366 g/mol. The van der Waals surface area contributed by atoms with Crippen LogP contribution in [0.5, 0.6) is 0 Å². The van der Waals surface area contributed by atoms with Crippen LogP contribution in [0, 0.1) is 12.8 Å². The minimum Gasteiger partial charge on any atom is -0.356 e. The van der Waals surface area contributed by atoms with Gasteiger partial charge < -0.3 is 15.5 Å². The molecule has 0 aliphatic carbocycles. The van der Waals surface area contributed by atoms with Crippen molar-refractivity contribution in [3.05, 3.63) is 59.7 Å². The summed E-state index contributed by atoms with van der Waals surface area (Å²) in [5.41, 5.74) is 4.24. The maximum absolute atomic E-state index is 12.0. The Morgan fingerprint density at radius 3 is 2.54 bits per heavy atom. The molecule has 3 rings (SSSR count). The third kappa shape index (κ3) is 5.10. The van der Waals surface area contributed by atoms with Gasteiger partial charge in [-0.2, -0.15) is 0 Å². The van der Waals surface area contributed by atoms with Crippen LogP contribution in [0.1, 0.15) is 50.3 Å². The van der Waals surface area contributed by atoms with Crippen molar-refractivity contribution in [3.63, 3.8) is 0 Å². The van der Waals surface area contributed by atoms with Crippen LogP contribution < -0.4 is 15.5 Å². The first kappa shape index (κ1) is 20.3. The predicted molar refractivity (Wildman–Crippen MR) is 121 cm³/mol. The van der Waals surface area contributed by atoms with Gasteiger partial charge in [0.25, 0.3) is 0 Å². The van der Waals surface area contributed by atoms with Crippen LogP contribution in [0.2, 0.25) is 0 Å². The second kappa shape index (κ2) is 9.20. The monoisotopic (exact) mass is 395 g/mol. The van der Waals surface area contributed by atoms with Crippen LogP contribution in [-0.4, -0.2) is 17.6 Å². The molecule has 1 atom stereocenters. The molecule has 1 aliphatic heterocycles. The zero-order valence-corrected chi connectivity index (χ0v) is 17.7. The van der Waals surface area contributed by atoms with Gasteiger partial charge >= 0.3 is 0 Å². The Morgan fingerprint density at radius 2 is 1.93 bits per heavy atom. The van der Waals surface area contributed by atoms with Gasteiger partial charge in [-0.05, 0) is 67.2 Å². The predicted octanol–water partition coefficient (Wildman–Crippen LogP) is 5.20. The number of hydrogen-bond donors (Lipinski definition) is 2. The first-order valence-electron chi connectivity index (χ1n) is 9.97. The molecule has 1 heterocycles. The van der Waals surface area contributed by atoms with Crippen LogP contribution in [0.15, 0.2) is 48.5 Å². The number of amides is 1. The molecule has 2 aromatic rings. The lowest BCUT2D eigenvalue weighted by atomic mass is 9.97. The van der Waals surface area contributed by atoms with Gasteiger partial charge in [0, 0.05) is 24.3 Å². The van der Waals surface area contributed by atoms with E-state index in [-0.39, 0.29) is 11.9 Å². The molecule has 1 amide bonds. The van der Waals surface area contributed by atoms with Gasteiger partial charge in [0.05, 0.1) is 6.04 Å². The first-order valence-corrected chi connectivity index (χ1v) is 10.4. The third-order valence-electron chi connectivity index (χ3n) is 5.03. The number of hydrogen-bond acceptors (Lipinski definition) is 2. The van der Waals surface area contributed by atoms with Crippen LogP contribution in [-0.2, 0) is 4.79 Å². The molecule has 28 heavy (non-hydrogen) atoms. The molecule has 2 N–H and O–H groups in total. The van der Waals surface area contributed by atoms with Crippen LogP contribution in [0.3, 0.4) is 0 Å². The minimum atomic E-state index is 0.170. The number of anilines is 2.